The van der Waals surface area contributed by atoms with Crippen LogP contribution >= 0.6 is 0 Å². The lowest BCUT2D eigenvalue weighted by molar-refractivity contribution is 0.362. The first-order chi connectivity index (χ1) is 18.2. The molecule has 4 aromatic rings. The molecule has 198 valence electrons. The lowest BCUT2D eigenvalue weighted by Gasteiger charge is -2.17. The summed E-state index contributed by atoms with van der Waals surface area (Å²) in [5.74, 6) is -2.39. The molecule has 0 saturated carbocycles. The van der Waals surface area contributed by atoms with E-state index in [1.165, 1.54) is 12.1 Å². The Labute approximate surface area is 220 Å². The van der Waals surface area contributed by atoms with Crippen LogP contribution in [0.5, 0.6) is 46.0 Å². The van der Waals surface area contributed by atoms with Gasteiger partial charge in [-0.3, -0.25) is 0 Å². The molecule has 0 aliphatic heterocycles. The van der Waals surface area contributed by atoms with E-state index in [0.29, 0.717) is 48.3 Å². The third kappa shape index (κ3) is 5.34. The molecule has 0 aliphatic rings. The average molecular weight is 519 g/mol. The minimum Gasteiger partial charge on any atom is -0.504 e. The fraction of sp³-hybridized carbons (Fsp3) is 0.200. The largest absolute Gasteiger partial charge is 0.504 e. The van der Waals surface area contributed by atoms with E-state index in [-0.39, 0.29) is 11.1 Å². The van der Waals surface area contributed by atoms with Gasteiger partial charge in [0.1, 0.15) is 11.5 Å². The molecular weight excluding hydrogens is 488 g/mol. The van der Waals surface area contributed by atoms with Gasteiger partial charge < -0.3 is 40.1 Å². The molecule has 0 atom stereocenters. The number of methoxy groups -OCH3 is 2. The monoisotopic (exact) mass is 518 g/mol. The summed E-state index contributed by atoms with van der Waals surface area (Å²) in [4.78, 5) is 0. The summed E-state index contributed by atoms with van der Waals surface area (Å²) in [7, 11) is 3.14. The van der Waals surface area contributed by atoms with Gasteiger partial charge in [0.05, 0.1) is 14.2 Å². The minimum absolute atomic E-state index is 0.00336. The van der Waals surface area contributed by atoms with Crippen molar-refractivity contribution in [1.82, 2.24) is 0 Å². The number of rotatable bonds is 9. The molecule has 8 nitrogen and oxygen atoms in total. The number of hydrogen-bond donors (Lipinski definition) is 6. The van der Waals surface area contributed by atoms with Gasteiger partial charge in [-0.25, -0.2) is 0 Å². The molecule has 0 fully saturated rings. The van der Waals surface area contributed by atoms with Crippen LogP contribution < -0.4 is 9.47 Å². The maximum Gasteiger partial charge on any atom is 0.201 e. The highest BCUT2D eigenvalue weighted by Gasteiger charge is 2.24. The van der Waals surface area contributed by atoms with E-state index in [1.807, 2.05) is 48.5 Å². The van der Waals surface area contributed by atoms with E-state index in [4.69, 9.17) is 9.47 Å². The number of ether oxygens (including phenoxy) is 2. The van der Waals surface area contributed by atoms with Crippen LogP contribution in [-0.2, 0) is 25.7 Å². The summed E-state index contributed by atoms with van der Waals surface area (Å²) in [6.07, 6.45) is 1.58. The maximum atomic E-state index is 10.7. The van der Waals surface area contributed by atoms with Crippen LogP contribution in [0.1, 0.15) is 22.3 Å². The van der Waals surface area contributed by atoms with E-state index in [1.54, 1.807) is 14.2 Å². The van der Waals surface area contributed by atoms with Crippen LogP contribution in [0.3, 0.4) is 0 Å². The van der Waals surface area contributed by atoms with Crippen molar-refractivity contribution >= 4 is 0 Å². The highest BCUT2D eigenvalue weighted by molar-refractivity contribution is 5.84. The summed E-state index contributed by atoms with van der Waals surface area (Å²) in [6.45, 7) is 0. The zero-order valence-electron chi connectivity index (χ0n) is 21.1. The van der Waals surface area contributed by atoms with Crippen LogP contribution in [0.2, 0.25) is 0 Å². The molecule has 0 amide bonds. The van der Waals surface area contributed by atoms with Crippen LogP contribution in [0.25, 0.3) is 11.1 Å². The van der Waals surface area contributed by atoms with E-state index in [9.17, 15) is 30.6 Å². The summed E-state index contributed by atoms with van der Waals surface area (Å²) >= 11 is 0. The summed E-state index contributed by atoms with van der Waals surface area (Å²) in [5, 5.41) is 63.3. The van der Waals surface area contributed by atoms with Crippen molar-refractivity contribution in [1.29, 1.82) is 0 Å². The molecule has 0 radical (unpaired) electrons. The molecule has 38 heavy (non-hydrogen) atoms. The molecule has 0 bridgehead atoms. The Bertz CT molecular complexity index is 1350. The number of aromatic hydroxyl groups is 6. The fourth-order valence-corrected chi connectivity index (χ4v) is 4.41. The number of phenols is 6. The molecule has 6 N–H and O–H groups in total. The van der Waals surface area contributed by atoms with Gasteiger partial charge in [-0.15, -0.1) is 0 Å². The van der Waals surface area contributed by atoms with Crippen molar-refractivity contribution in [3.63, 3.8) is 0 Å². The fourth-order valence-electron chi connectivity index (χ4n) is 4.41. The van der Waals surface area contributed by atoms with Gasteiger partial charge in [0.2, 0.25) is 11.5 Å². The Morgan fingerprint density at radius 1 is 0.474 bits per heavy atom. The highest BCUT2D eigenvalue weighted by atomic mass is 16.5. The second-order valence-corrected chi connectivity index (χ2v) is 8.96. The molecule has 0 aromatic heterocycles. The van der Waals surface area contributed by atoms with Gasteiger partial charge in [0, 0.05) is 11.1 Å². The van der Waals surface area contributed by atoms with E-state index < -0.39 is 34.5 Å². The van der Waals surface area contributed by atoms with Gasteiger partial charge in [0.25, 0.3) is 0 Å². The second kappa shape index (κ2) is 11.1. The van der Waals surface area contributed by atoms with Crippen molar-refractivity contribution in [2.24, 2.45) is 0 Å². The van der Waals surface area contributed by atoms with Gasteiger partial charge in [-0.1, -0.05) is 24.3 Å². The average Bonchev–Trinajstić information content (AvgIpc) is 2.94. The van der Waals surface area contributed by atoms with E-state index in [0.717, 1.165) is 11.1 Å². The van der Waals surface area contributed by atoms with Gasteiger partial charge >= 0.3 is 0 Å². The molecule has 0 heterocycles. The van der Waals surface area contributed by atoms with Crippen molar-refractivity contribution < 1.29 is 40.1 Å². The SMILES string of the molecule is COc1cccc(CCc2cc(-c3cc(CCc4cccc(OC)c4)c(O)c(O)c3O)c(O)c(O)c2O)c1. The van der Waals surface area contributed by atoms with Gasteiger partial charge in [-0.05, 0) is 84.3 Å². The predicted molar refractivity (Wildman–Crippen MR) is 143 cm³/mol. The van der Waals surface area contributed by atoms with Gasteiger partial charge in [0.15, 0.2) is 23.0 Å². The molecule has 8 heteroatoms. The lowest BCUT2D eigenvalue weighted by atomic mass is 9.93. The summed E-state index contributed by atoms with van der Waals surface area (Å²) in [5.41, 5.74) is 2.50. The zero-order valence-corrected chi connectivity index (χ0v) is 21.1. The standard InChI is InChI=1S/C30H30O8/c1-37-21-7-3-5-17(13-21)9-11-19-15-23(27(33)29(35)25(19)31)24-16-20(26(32)30(36)28(24)34)12-10-18-6-4-8-22(14-18)38-2/h3-8,13-16,31-36H,9-12H2,1-2H3. The van der Waals surface area contributed by atoms with Crippen LogP contribution in [-0.4, -0.2) is 44.9 Å². The number of phenolic OH excluding ortho intramolecular Hbond substituents is 6. The van der Waals surface area contributed by atoms with Crippen molar-refractivity contribution in [2.45, 2.75) is 25.7 Å². The molecule has 4 aromatic carbocycles. The Hall–Kier alpha value is -4.72. The topological polar surface area (TPSA) is 140 Å². The third-order valence-electron chi connectivity index (χ3n) is 6.58. The Kier molecular flexibility index (Phi) is 7.71. The first kappa shape index (κ1) is 26.3. The smallest absolute Gasteiger partial charge is 0.201 e. The van der Waals surface area contributed by atoms with Crippen molar-refractivity contribution in [2.75, 3.05) is 14.2 Å². The minimum atomic E-state index is -0.743. The number of benzene rings is 4. The molecule has 0 spiro atoms. The maximum absolute atomic E-state index is 10.7. The van der Waals surface area contributed by atoms with Crippen LogP contribution in [0, 0.1) is 0 Å². The third-order valence-corrected chi connectivity index (χ3v) is 6.58. The highest BCUT2D eigenvalue weighted by Crippen LogP contribution is 2.51. The normalized spacial score (nSPS) is 10.9. The second-order valence-electron chi connectivity index (χ2n) is 8.96. The van der Waals surface area contributed by atoms with E-state index >= 15 is 0 Å². The van der Waals surface area contributed by atoms with Crippen LogP contribution in [0.15, 0.2) is 60.7 Å². The zero-order chi connectivity index (χ0) is 27.4. The Morgan fingerprint density at radius 3 is 1.24 bits per heavy atom. The molecular formula is C30H30O8. The molecule has 0 unspecified atom stereocenters. The Balaban J connectivity index is 1.69. The molecule has 0 aliphatic carbocycles. The first-order valence-electron chi connectivity index (χ1n) is 12.0. The van der Waals surface area contributed by atoms with Crippen molar-refractivity contribution in [3.05, 3.63) is 82.9 Å². The summed E-state index contributed by atoms with van der Waals surface area (Å²) < 4.78 is 10.5. The first-order valence-corrected chi connectivity index (χ1v) is 12.0. The number of hydrogen-bond acceptors (Lipinski definition) is 8. The molecule has 4 rings (SSSR count). The summed E-state index contributed by atoms with van der Waals surface area (Å²) in [6, 6.07) is 17.7. The van der Waals surface area contributed by atoms with Crippen LogP contribution in [0.4, 0.5) is 0 Å². The van der Waals surface area contributed by atoms with Gasteiger partial charge in [-0.2, -0.15) is 0 Å². The Morgan fingerprint density at radius 2 is 0.868 bits per heavy atom. The van der Waals surface area contributed by atoms with Crippen molar-refractivity contribution in [3.8, 4) is 57.1 Å². The number of aryl methyl sites for hydroxylation is 4. The predicted octanol–water partition coefficient (Wildman–Crippen LogP) is 5.17. The molecule has 0 saturated heterocycles. The quantitative estimate of drug-likeness (QED) is 0.167. The van der Waals surface area contributed by atoms with E-state index in [2.05, 4.69) is 0 Å². The lowest BCUT2D eigenvalue weighted by Crippen LogP contribution is -1.97.